The summed E-state index contributed by atoms with van der Waals surface area (Å²) in [6.45, 7) is 21.8. The number of hydrogen-bond donors (Lipinski definition) is 1. The standard InChI is InChI=1S/C50H66N4O5.Mg/c1-12-34-30(7)37-24-39-32(9)36(20-21-43(55)59-23-22-29(6)19-15-18-28(5)17-14-16-27(3)4)47(53-39)45-46(50(57)58-11)49(56)44-33(10)40(54-48(44)45)26-42-35(13-2)31(8)38(52-42)25-41(34)51-37;/h22,24-28,32,36,46H,12-21,23H2,1-11H3,(H2,53,54,56);/q-2;+2/p-1/b29-22+,38-25-,39-24-,42-26-;/t28-,32+,36+,46-;/m1./s1. The fourth-order valence-corrected chi connectivity index (χ4v) is 9.45. The van der Waals surface area contributed by atoms with Crippen LogP contribution in [-0.2, 0) is 31.9 Å². The topological polar surface area (TPSA) is 124 Å². The molecule has 1 N–H and O–H groups in total. The van der Waals surface area contributed by atoms with Crippen LogP contribution in [-0.4, -0.2) is 54.5 Å². The summed E-state index contributed by atoms with van der Waals surface area (Å²) in [4.78, 5) is 56.6. The number of fused-ring (bicyclic) bond motifs is 7. The third kappa shape index (κ3) is 9.70. The van der Waals surface area contributed by atoms with Crippen LogP contribution in [0, 0.1) is 50.4 Å². The maximum absolute atomic E-state index is 14.3. The average Bonchev–Trinajstić information content (AvgIpc) is 3.94. The normalized spacial score (nSPS) is 22.0. The largest absolute Gasteiger partial charge is 2.00 e. The van der Waals surface area contributed by atoms with E-state index in [1.54, 1.807) is 0 Å². The van der Waals surface area contributed by atoms with Gasteiger partial charge in [0, 0.05) is 35.2 Å². The Labute approximate surface area is 373 Å². The van der Waals surface area contributed by atoms with Crippen molar-refractivity contribution in [3.63, 3.8) is 0 Å². The molecule has 2 aliphatic heterocycles. The molecule has 0 amide bonds. The van der Waals surface area contributed by atoms with Gasteiger partial charge < -0.3 is 29.7 Å². The molecular weight excluding hydrogens is 761 g/mol. The van der Waals surface area contributed by atoms with Gasteiger partial charge in [-0.1, -0.05) is 119 Å². The van der Waals surface area contributed by atoms with Crippen LogP contribution < -0.4 is 31.0 Å². The van der Waals surface area contributed by atoms with Crippen LogP contribution in [0.3, 0.4) is 0 Å². The predicted molar refractivity (Wildman–Crippen MR) is 241 cm³/mol. The zero-order chi connectivity index (χ0) is 42.7. The van der Waals surface area contributed by atoms with Gasteiger partial charge in [-0.05, 0) is 83.3 Å². The Morgan fingerprint density at radius 1 is 0.850 bits per heavy atom. The number of nitrogens with one attached hydrogen (secondary N) is 1. The van der Waals surface area contributed by atoms with Gasteiger partial charge in [0.2, 0.25) is 0 Å². The first-order valence-electron chi connectivity index (χ1n) is 22.0. The molecule has 8 bridgehead atoms. The Balaban J connectivity index is 0.00000683. The summed E-state index contributed by atoms with van der Waals surface area (Å²) in [6, 6.07) is 0. The van der Waals surface area contributed by atoms with E-state index in [1.807, 2.05) is 19.1 Å². The quantitative estimate of drug-likeness (QED) is 0.0670. The maximum atomic E-state index is 14.3. The number of methoxy groups -OCH3 is 1. The number of ether oxygens (including phenoxy) is 2. The molecule has 10 heteroatoms. The molecule has 0 aromatic carbocycles. The second-order valence-electron chi connectivity index (χ2n) is 17.7. The van der Waals surface area contributed by atoms with Crippen LogP contribution in [0.25, 0.3) is 23.8 Å². The Morgan fingerprint density at radius 2 is 1.53 bits per heavy atom. The van der Waals surface area contributed by atoms with Gasteiger partial charge in [0.05, 0.1) is 7.11 Å². The summed E-state index contributed by atoms with van der Waals surface area (Å²) >= 11 is 0. The van der Waals surface area contributed by atoms with Crippen LogP contribution in [0.4, 0.5) is 0 Å². The van der Waals surface area contributed by atoms with Crippen LogP contribution in [0.15, 0.2) is 23.0 Å². The summed E-state index contributed by atoms with van der Waals surface area (Å²) < 4.78 is 11.0. The van der Waals surface area contributed by atoms with E-state index >= 15 is 0 Å². The SMILES string of the molecule is CCc1c2[n-]c(c1C)/C=C1\N/C(=C3\c4[n-]c(c(C)c4C(=O)[C@@H]3C(=O)OC)/C=c3\[n-]/c(c(C)c3CC)=C\2)[C@@H](CCC(=O)OC/C=C(\C)CCC[C@H](C)CCCC(C)C)[C@@H]1C.[Mg+2]. The molecule has 6 rings (SSSR count). The first-order valence-corrected chi connectivity index (χ1v) is 22.0. The molecular formula is C50H65MgN4O5-. The first kappa shape index (κ1) is 47.0. The van der Waals surface area contributed by atoms with E-state index in [2.05, 4.69) is 79.8 Å². The van der Waals surface area contributed by atoms with Gasteiger partial charge in [0.1, 0.15) is 12.5 Å². The monoisotopic (exact) mass is 825 g/mol. The van der Waals surface area contributed by atoms with E-state index < -0.39 is 11.9 Å². The van der Waals surface area contributed by atoms with Gasteiger partial charge in [0.15, 0.2) is 5.78 Å². The number of carbonyl (C=O) groups is 3. The zero-order valence-corrected chi connectivity index (χ0v) is 39.5. The number of aromatic nitrogens is 3. The molecule has 1 fully saturated rings. The molecule has 1 aliphatic carbocycles. The molecule has 0 saturated carbocycles. The van der Waals surface area contributed by atoms with Gasteiger partial charge in [-0.2, -0.15) is 0 Å². The molecule has 0 unspecified atom stereocenters. The zero-order valence-electron chi connectivity index (χ0n) is 38.1. The van der Waals surface area contributed by atoms with Crippen LogP contribution in [0.2, 0.25) is 0 Å². The Hall–Kier alpha value is -4.02. The molecule has 0 spiro atoms. The molecule has 1 saturated heterocycles. The average molecular weight is 826 g/mol. The van der Waals surface area contributed by atoms with Crippen molar-refractivity contribution in [1.82, 2.24) is 20.3 Å². The van der Waals surface area contributed by atoms with E-state index in [0.29, 0.717) is 34.5 Å². The molecule has 318 valence electrons. The fraction of sp³-hybridized carbons (Fsp3) is 0.540. The number of ketones is 1. The smallest absolute Gasteiger partial charge is 0.657 e. The third-order valence-electron chi connectivity index (χ3n) is 13.2. The molecule has 4 atom stereocenters. The Morgan fingerprint density at radius 3 is 2.22 bits per heavy atom. The molecule has 60 heavy (non-hydrogen) atoms. The van der Waals surface area contributed by atoms with Crippen LogP contribution in [0.5, 0.6) is 0 Å². The van der Waals surface area contributed by atoms with E-state index in [1.165, 1.54) is 43.9 Å². The second kappa shape index (κ2) is 20.2. The summed E-state index contributed by atoms with van der Waals surface area (Å²) in [5.41, 5.74) is 11.9. The van der Waals surface area contributed by atoms with Crippen molar-refractivity contribution in [2.24, 2.45) is 29.6 Å². The number of Topliss-reactive ketones (excluding diaryl/α,β-unsaturated/α-hetero) is 1. The minimum atomic E-state index is -1.17. The van der Waals surface area contributed by atoms with Crippen molar-refractivity contribution in [2.45, 2.75) is 133 Å². The second-order valence-corrected chi connectivity index (χ2v) is 17.7. The number of hydrogen-bond acceptors (Lipinski definition) is 6. The van der Waals surface area contributed by atoms with Crippen molar-refractivity contribution >= 4 is 64.6 Å². The van der Waals surface area contributed by atoms with E-state index in [0.717, 1.165) is 87.7 Å². The van der Waals surface area contributed by atoms with E-state index in [-0.39, 0.29) is 59.7 Å². The molecule has 3 aromatic heterocycles. The van der Waals surface area contributed by atoms with Crippen molar-refractivity contribution in [2.75, 3.05) is 13.7 Å². The summed E-state index contributed by atoms with van der Waals surface area (Å²) in [7, 11) is 1.31. The molecule has 3 aromatic rings. The minimum Gasteiger partial charge on any atom is -0.657 e. The van der Waals surface area contributed by atoms with E-state index in [4.69, 9.17) is 24.4 Å². The first-order chi connectivity index (χ1) is 28.2. The van der Waals surface area contributed by atoms with E-state index in [9.17, 15) is 14.4 Å². The minimum absolute atomic E-state index is 0. The Kier molecular flexibility index (Phi) is 15.9. The fourth-order valence-electron chi connectivity index (χ4n) is 9.45. The van der Waals surface area contributed by atoms with Crippen LogP contribution >= 0.6 is 0 Å². The molecule has 3 aliphatic rings. The van der Waals surface area contributed by atoms with Crippen molar-refractivity contribution < 1.29 is 23.9 Å². The van der Waals surface area contributed by atoms with Crippen molar-refractivity contribution in [3.8, 4) is 0 Å². The number of allylic oxidation sites excluding steroid dienone is 3. The van der Waals surface area contributed by atoms with Crippen LogP contribution in [0.1, 0.15) is 161 Å². The maximum Gasteiger partial charge on any atom is 2.00 e. The molecule has 5 heterocycles. The molecule has 0 radical (unpaired) electrons. The number of carbonyl (C=O) groups excluding carboxylic acids is 3. The van der Waals surface area contributed by atoms with Crippen molar-refractivity contribution in [1.29, 1.82) is 0 Å². The third-order valence-corrected chi connectivity index (χ3v) is 13.2. The van der Waals surface area contributed by atoms with Crippen molar-refractivity contribution in [3.05, 3.63) is 89.9 Å². The number of rotatable bonds is 16. The van der Waals surface area contributed by atoms with Gasteiger partial charge in [-0.15, -0.1) is 33.5 Å². The number of esters is 2. The van der Waals surface area contributed by atoms with Gasteiger partial charge in [-0.25, -0.2) is 0 Å². The van der Waals surface area contributed by atoms with Gasteiger partial charge >= 0.3 is 35.0 Å². The summed E-state index contributed by atoms with van der Waals surface area (Å²) in [6.07, 6.45) is 17.6. The summed E-state index contributed by atoms with van der Waals surface area (Å²) in [5.74, 6) is -1.26. The Bertz CT molecular complexity index is 2310. The predicted octanol–water partition coefficient (Wildman–Crippen LogP) is 7.69. The number of nitrogens with zero attached hydrogens (tertiary/aromatic N) is 3. The van der Waals surface area contributed by atoms with Gasteiger partial charge in [-0.3, -0.25) is 14.4 Å². The molecule has 9 nitrogen and oxygen atoms in total. The van der Waals surface area contributed by atoms with Gasteiger partial charge in [0.25, 0.3) is 0 Å². The summed E-state index contributed by atoms with van der Waals surface area (Å²) in [5, 5.41) is 5.36.